The van der Waals surface area contributed by atoms with Crippen molar-refractivity contribution in [2.75, 3.05) is 13.2 Å². The lowest BCUT2D eigenvalue weighted by atomic mass is 10.1. The maximum Gasteiger partial charge on any atom is 0.330 e. The third-order valence-corrected chi connectivity index (χ3v) is 5.72. The standard InChI is InChI=1S/C26H27NO7/c1-26(2)21(11-12-23(30)32-16-18(29)15-28)24(26)25(31)34-22(14-27)17-7-6-10-20(13-17)33-19-8-4-3-5-9-19/h3-13,18,21-22,24,28-29H,15-16H2,1-2H3/t18?,21-,22+,24-/m0/s1. The Morgan fingerprint density at radius 2 is 1.85 bits per heavy atom. The molecule has 1 saturated carbocycles. The van der Waals surface area contributed by atoms with Crippen molar-refractivity contribution in [1.82, 2.24) is 0 Å². The van der Waals surface area contributed by atoms with Gasteiger partial charge in [0.05, 0.1) is 12.5 Å². The van der Waals surface area contributed by atoms with E-state index in [0.717, 1.165) is 0 Å². The van der Waals surface area contributed by atoms with Gasteiger partial charge in [0.25, 0.3) is 0 Å². The summed E-state index contributed by atoms with van der Waals surface area (Å²) in [5, 5.41) is 27.6. The number of allylic oxidation sites excluding steroid dienone is 1. The quantitative estimate of drug-likeness (QED) is 0.404. The maximum absolute atomic E-state index is 12.8. The van der Waals surface area contributed by atoms with Crippen LogP contribution in [0.3, 0.4) is 0 Å². The summed E-state index contributed by atoms with van der Waals surface area (Å²) >= 11 is 0. The van der Waals surface area contributed by atoms with Crippen molar-refractivity contribution in [3.05, 3.63) is 72.3 Å². The highest BCUT2D eigenvalue weighted by Gasteiger charge is 2.61. The zero-order valence-corrected chi connectivity index (χ0v) is 19.0. The molecule has 1 fully saturated rings. The summed E-state index contributed by atoms with van der Waals surface area (Å²) in [4.78, 5) is 24.6. The summed E-state index contributed by atoms with van der Waals surface area (Å²) in [6.45, 7) is 2.90. The van der Waals surface area contributed by atoms with Gasteiger partial charge in [-0.2, -0.15) is 5.26 Å². The number of nitrogens with zero attached hydrogens (tertiary/aromatic N) is 1. The molecule has 0 radical (unpaired) electrons. The molecule has 0 aliphatic heterocycles. The van der Waals surface area contributed by atoms with E-state index in [-0.39, 0.29) is 12.5 Å². The minimum atomic E-state index is -1.14. The van der Waals surface area contributed by atoms with Gasteiger partial charge in [0.2, 0.25) is 6.10 Å². The Hall–Kier alpha value is -3.67. The highest BCUT2D eigenvalue weighted by molar-refractivity contribution is 5.83. The fourth-order valence-electron chi connectivity index (χ4n) is 3.67. The molecule has 0 bridgehead atoms. The molecule has 8 nitrogen and oxygen atoms in total. The number of nitriles is 1. The summed E-state index contributed by atoms with van der Waals surface area (Å²) in [6, 6.07) is 18.0. The largest absolute Gasteiger partial charge is 0.460 e. The van der Waals surface area contributed by atoms with Crippen LogP contribution in [0.1, 0.15) is 25.5 Å². The smallest absolute Gasteiger partial charge is 0.330 e. The molecular formula is C26H27NO7. The summed E-state index contributed by atoms with van der Waals surface area (Å²) in [5.41, 5.74) is 0.0253. The van der Waals surface area contributed by atoms with Gasteiger partial charge in [-0.25, -0.2) is 4.79 Å². The van der Waals surface area contributed by atoms with Crippen LogP contribution in [0.4, 0.5) is 0 Å². The number of carbonyl (C=O) groups excluding carboxylic acids is 2. The molecule has 0 amide bonds. The fraction of sp³-hybridized carbons (Fsp3) is 0.346. The molecule has 8 heteroatoms. The zero-order chi connectivity index (χ0) is 24.7. The van der Waals surface area contributed by atoms with Crippen LogP contribution >= 0.6 is 0 Å². The number of aliphatic hydroxyl groups excluding tert-OH is 2. The predicted octanol–water partition coefficient (Wildman–Crippen LogP) is 3.31. The summed E-state index contributed by atoms with van der Waals surface area (Å²) in [5.74, 6) is -0.875. The molecule has 2 N–H and O–H groups in total. The van der Waals surface area contributed by atoms with Crippen molar-refractivity contribution in [2.24, 2.45) is 17.3 Å². The van der Waals surface area contributed by atoms with Gasteiger partial charge in [-0.3, -0.25) is 4.79 Å². The van der Waals surface area contributed by atoms with E-state index in [0.29, 0.717) is 17.1 Å². The Bertz CT molecular complexity index is 1070. The van der Waals surface area contributed by atoms with E-state index in [9.17, 15) is 20.0 Å². The molecule has 0 aromatic heterocycles. The number of rotatable bonds is 10. The Labute approximate surface area is 198 Å². The Morgan fingerprint density at radius 3 is 2.53 bits per heavy atom. The van der Waals surface area contributed by atoms with E-state index in [4.69, 9.17) is 19.3 Å². The monoisotopic (exact) mass is 465 g/mol. The van der Waals surface area contributed by atoms with Gasteiger partial charge in [-0.1, -0.05) is 50.3 Å². The molecule has 0 spiro atoms. The first-order valence-electron chi connectivity index (χ1n) is 10.8. The number of carbonyl (C=O) groups is 2. The van der Waals surface area contributed by atoms with Gasteiger partial charge in [-0.15, -0.1) is 0 Å². The van der Waals surface area contributed by atoms with Crippen molar-refractivity contribution in [2.45, 2.75) is 26.1 Å². The van der Waals surface area contributed by atoms with E-state index in [1.807, 2.05) is 50.2 Å². The van der Waals surface area contributed by atoms with Crippen LogP contribution in [0, 0.1) is 28.6 Å². The van der Waals surface area contributed by atoms with Crippen molar-refractivity contribution >= 4 is 11.9 Å². The molecule has 0 heterocycles. The number of ether oxygens (including phenoxy) is 3. The molecule has 178 valence electrons. The minimum Gasteiger partial charge on any atom is -0.460 e. The zero-order valence-electron chi connectivity index (χ0n) is 19.0. The molecule has 34 heavy (non-hydrogen) atoms. The fourth-order valence-corrected chi connectivity index (χ4v) is 3.67. The van der Waals surface area contributed by atoms with Gasteiger partial charge < -0.3 is 24.4 Å². The first kappa shape index (κ1) is 25.0. The Morgan fingerprint density at radius 1 is 1.15 bits per heavy atom. The van der Waals surface area contributed by atoms with Crippen molar-refractivity contribution in [1.29, 1.82) is 5.26 Å². The van der Waals surface area contributed by atoms with Crippen LogP contribution < -0.4 is 4.74 Å². The first-order valence-corrected chi connectivity index (χ1v) is 10.8. The lowest BCUT2D eigenvalue weighted by molar-refractivity contribution is -0.149. The third-order valence-electron chi connectivity index (χ3n) is 5.72. The minimum absolute atomic E-state index is 0.276. The molecule has 2 aromatic carbocycles. The van der Waals surface area contributed by atoms with Crippen molar-refractivity contribution in [3.8, 4) is 17.6 Å². The molecule has 1 unspecified atom stereocenters. The van der Waals surface area contributed by atoms with Gasteiger partial charge >= 0.3 is 11.9 Å². The highest BCUT2D eigenvalue weighted by atomic mass is 16.5. The van der Waals surface area contributed by atoms with E-state index in [1.165, 1.54) is 6.08 Å². The molecule has 4 atom stereocenters. The summed E-state index contributed by atoms with van der Waals surface area (Å²) in [6.07, 6.45) is 0.500. The SMILES string of the molecule is CC1(C)[C@H](C(=O)O[C@H](C#N)c2cccc(Oc3ccccc3)c2)[C@@H]1C=CC(=O)OCC(O)CO. The number of aliphatic hydroxyl groups is 2. The number of benzene rings is 2. The third kappa shape index (κ3) is 6.22. The number of esters is 2. The van der Waals surface area contributed by atoms with E-state index >= 15 is 0 Å². The number of hydrogen-bond acceptors (Lipinski definition) is 8. The second-order valence-corrected chi connectivity index (χ2v) is 8.58. The van der Waals surface area contributed by atoms with Crippen LogP contribution in [0.15, 0.2) is 66.7 Å². The van der Waals surface area contributed by atoms with Crippen LogP contribution in [-0.2, 0) is 19.1 Å². The summed E-state index contributed by atoms with van der Waals surface area (Å²) in [7, 11) is 0. The predicted molar refractivity (Wildman–Crippen MR) is 121 cm³/mol. The Balaban J connectivity index is 1.61. The maximum atomic E-state index is 12.8. The normalized spacial score (nSPS) is 20.1. The van der Waals surface area contributed by atoms with Gasteiger partial charge in [0.1, 0.15) is 30.3 Å². The molecule has 2 aromatic rings. The van der Waals surface area contributed by atoms with Crippen molar-refractivity contribution < 1.29 is 34.0 Å². The van der Waals surface area contributed by atoms with E-state index < -0.39 is 42.1 Å². The van der Waals surface area contributed by atoms with Gasteiger partial charge in [0.15, 0.2) is 0 Å². The van der Waals surface area contributed by atoms with Crippen LogP contribution in [0.25, 0.3) is 0 Å². The topological polar surface area (TPSA) is 126 Å². The van der Waals surface area contributed by atoms with Crippen molar-refractivity contribution in [3.63, 3.8) is 0 Å². The average Bonchev–Trinajstić information content (AvgIpc) is 3.40. The molecule has 0 saturated heterocycles. The molecule has 3 rings (SSSR count). The summed E-state index contributed by atoms with van der Waals surface area (Å²) < 4.78 is 16.1. The second kappa shape index (κ2) is 11.0. The van der Waals surface area contributed by atoms with Crippen LogP contribution in [-0.4, -0.2) is 41.5 Å². The first-order chi connectivity index (χ1) is 16.3. The number of hydrogen-bond donors (Lipinski definition) is 2. The van der Waals surface area contributed by atoms with Gasteiger partial charge in [-0.05, 0) is 35.6 Å². The lowest BCUT2D eigenvalue weighted by Crippen LogP contribution is -2.21. The highest BCUT2D eigenvalue weighted by Crippen LogP contribution is 2.59. The van der Waals surface area contributed by atoms with Gasteiger partial charge in [0, 0.05) is 11.6 Å². The molecular weight excluding hydrogens is 438 g/mol. The Kier molecular flexibility index (Phi) is 8.05. The molecule has 1 aliphatic rings. The van der Waals surface area contributed by atoms with E-state index in [1.54, 1.807) is 30.3 Å². The average molecular weight is 466 g/mol. The number of para-hydroxylation sites is 1. The second-order valence-electron chi connectivity index (χ2n) is 8.58. The van der Waals surface area contributed by atoms with Crippen LogP contribution in [0.2, 0.25) is 0 Å². The molecule has 1 aliphatic carbocycles. The van der Waals surface area contributed by atoms with Crippen LogP contribution in [0.5, 0.6) is 11.5 Å². The van der Waals surface area contributed by atoms with E-state index in [2.05, 4.69) is 0 Å². The lowest BCUT2D eigenvalue weighted by Gasteiger charge is -2.13.